The fourth-order valence-electron chi connectivity index (χ4n) is 12.6. The molecule has 332 valence electrons. The second-order valence-electron chi connectivity index (χ2n) is 20.8. The summed E-state index contributed by atoms with van der Waals surface area (Å²) in [7, 11) is 0. The Balaban J connectivity index is 0.956. The van der Waals surface area contributed by atoms with Gasteiger partial charge in [0.05, 0.1) is 0 Å². The van der Waals surface area contributed by atoms with E-state index in [9.17, 15) is 0 Å². The quantitative estimate of drug-likeness (QED) is 0.152. The summed E-state index contributed by atoms with van der Waals surface area (Å²) in [6, 6.07) is 83.9. The van der Waals surface area contributed by atoms with E-state index in [4.69, 9.17) is 4.42 Å². The Morgan fingerprint density at radius 1 is 0.314 bits per heavy atom. The van der Waals surface area contributed by atoms with Gasteiger partial charge in [-0.05, 0) is 135 Å². The highest BCUT2D eigenvalue weighted by molar-refractivity contribution is 6.28. The zero-order valence-electron chi connectivity index (χ0n) is 39.8. The molecule has 0 aliphatic heterocycles. The largest absolute Gasteiger partial charge is 0.455 e. The monoisotopic (exact) mass is 894 g/mol. The van der Waals surface area contributed by atoms with E-state index in [2.05, 4.69) is 252 Å². The topological polar surface area (TPSA) is 13.1 Å². The molecule has 2 aliphatic carbocycles. The first kappa shape index (κ1) is 40.8. The van der Waals surface area contributed by atoms with Gasteiger partial charge in [-0.3, -0.25) is 0 Å². The van der Waals surface area contributed by atoms with Crippen LogP contribution in [0.5, 0.6) is 0 Å². The molecule has 11 aromatic carbocycles. The molecule has 2 aliphatic rings. The Morgan fingerprint density at radius 3 is 1.37 bits per heavy atom. The lowest BCUT2D eigenvalue weighted by atomic mass is 9.76. The van der Waals surface area contributed by atoms with E-state index in [1.165, 1.54) is 116 Å². The van der Waals surface area contributed by atoms with Crippen molar-refractivity contribution in [3.8, 4) is 55.6 Å². The van der Waals surface area contributed by atoms with Crippen molar-refractivity contribution in [1.82, 2.24) is 0 Å². The minimum atomic E-state index is -0.196. The van der Waals surface area contributed by atoms with Crippen LogP contribution in [0.2, 0.25) is 0 Å². The standard InChI is InChI=1S/C69H50O/c1-68(2)59-38-45(42-16-7-5-8-17-42)26-31-54(59)56-33-28-50(40-61(56)68)64(51-29-34-57-55-32-27-46(43-18-9-6-10-19-43)39-60(55)69(3,4)62(57)41-51)49-23-15-22-47(36-49)58-37-48-21-12-14-25-53(48)66-65-52-24-13-11-20-44(52)30-35-63(65)70-67(58)66/h5-41,64H,1-4H3. The van der Waals surface area contributed by atoms with Crippen LogP contribution in [0.3, 0.4) is 0 Å². The lowest BCUT2D eigenvalue weighted by molar-refractivity contribution is 0.657. The van der Waals surface area contributed by atoms with E-state index in [0.717, 1.165) is 22.3 Å². The van der Waals surface area contributed by atoms with Crippen LogP contribution in [0.1, 0.15) is 72.6 Å². The Kier molecular flexibility index (Phi) is 8.81. The molecule has 0 atom stereocenters. The summed E-state index contributed by atoms with van der Waals surface area (Å²) in [5.74, 6) is -0.0510. The number of hydrogen-bond donors (Lipinski definition) is 0. The fraction of sp³-hybridized carbons (Fsp3) is 0.101. The normalized spacial score (nSPS) is 14.1. The van der Waals surface area contributed by atoms with E-state index >= 15 is 0 Å². The molecule has 1 nitrogen and oxygen atoms in total. The third-order valence-electron chi connectivity index (χ3n) is 16.2. The van der Waals surface area contributed by atoms with E-state index < -0.39 is 0 Å². The van der Waals surface area contributed by atoms with Gasteiger partial charge in [0.1, 0.15) is 11.2 Å². The van der Waals surface area contributed by atoms with Crippen LogP contribution in [0, 0.1) is 0 Å². The van der Waals surface area contributed by atoms with Crippen molar-refractivity contribution < 1.29 is 4.42 Å². The Bertz CT molecular complexity index is 3960. The van der Waals surface area contributed by atoms with E-state index in [-0.39, 0.29) is 16.7 Å². The first-order valence-electron chi connectivity index (χ1n) is 24.8. The molecule has 0 N–H and O–H groups in total. The van der Waals surface area contributed by atoms with Crippen molar-refractivity contribution in [3.05, 3.63) is 263 Å². The average molecular weight is 895 g/mol. The van der Waals surface area contributed by atoms with Gasteiger partial charge in [-0.15, -0.1) is 0 Å². The Morgan fingerprint density at radius 2 is 0.786 bits per heavy atom. The molecule has 0 unspecified atom stereocenters. The third kappa shape index (κ3) is 6.04. The number of benzene rings is 11. The van der Waals surface area contributed by atoms with Crippen molar-refractivity contribution >= 4 is 43.5 Å². The zero-order valence-corrected chi connectivity index (χ0v) is 39.8. The van der Waals surface area contributed by atoms with Crippen LogP contribution in [-0.4, -0.2) is 0 Å². The molecule has 0 amide bonds. The highest BCUT2D eigenvalue weighted by atomic mass is 16.3. The number of hydrogen-bond acceptors (Lipinski definition) is 1. The highest BCUT2D eigenvalue weighted by Gasteiger charge is 2.39. The van der Waals surface area contributed by atoms with Crippen LogP contribution in [-0.2, 0) is 10.8 Å². The molecule has 1 heterocycles. The Labute approximate surface area is 409 Å². The van der Waals surface area contributed by atoms with E-state index in [1.807, 2.05) is 0 Å². The van der Waals surface area contributed by atoms with Gasteiger partial charge in [-0.2, -0.15) is 0 Å². The van der Waals surface area contributed by atoms with Gasteiger partial charge in [-0.1, -0.05) is 228 Å². The molecule has 0 saturated heterocycles. The summed E-state index contributed by atoms with van der Waals surface area (Å²) >= 11 is 0. The summed E-state index contributed by atoms with van der Waals surface area (Å²) in [5.41, 5.74) is 23.4. The summed E-state index contributed by atoms with van der Waals surface area (Å²) < 4.78 is 7.01. The molecular weight excluding hydrogens is 845 g/mol. The lowest BCUT2D eigenvalue weighted by Crippen LogP contribution is -2.17. The number of rotatable bonds is 6. The first-order valence-corrected chi connectivity index (χ1v) is 24.8. The highest BCUT2D eigenvalue weighted by Crippen LogP contribution is 2.54. The second kappa shape index (κ2) is 15.1. The summed E-state index contributed by atoms with van der Waals surface area (Å²) in [6.45, 7) is 9.64. The van der Waals surface area contributed by atoms with Crippen molar-refractivity contribution in [2.24, 2.45) is 0 Å². The maximum absolute atomic E-state index is 7.01. The van der Waals surface area contributed by atoms with Crippen molar-refractivity contribution in [2.45, 2.75) is 44.4 Å². The Hall–Kier alpha value is -8.26. The lowest BCUT2D eigenvalue weighted by Gasteiger charge is -2.27. The smallest absolute Gasteiger partial charge is 0.143 e. The zero-order chi connectivity index (χ0) is 46.9. The van der Waals surface area contributed by atoms with Crippen LogP contribution < -0.4 is 0 Å². The maximum atomic E-state index is 7.01. The van der Waals surface area contributed by atoms with Crippen molar-refractivity contribution in [3.63, 3.8) is 0 Å². The molecule has 0 saturated carbocycles. The number of furan rings is 1. The van der Waals surface area contributed by atoms with E-state index in [1.54, 1.807) is 0 Å². The summed E-state index contributed by atoms with van der Waals surface area (Å²) in [6.07, 6.45) is 0. The van der Waals surface area contributed by atoms with Crippen molar-refractivity contribution in [2.75, 3.05) is 0 Å². The van der Waals surface area contributed by atoms with Crippen LogP contribution in [0.15, 0.2) is 229 Å². The third-order valence-corrected chi connectivity index (χ3v) is 16.2. The molecule has 1 heteroatoms. The maximum Gasteiger partial charge on any atom is 0.143 e. The van der Waals surface area contributed by atoms with Gasteiger partial charge >= 0.3 is 0 Å². The molecule has 0 spiro atoms. The summed E-state index contributed by atoms with van der Waals surface area (Å²) in [5, 5.41) is 7.19. The molecular formula is C69H50O. The second-order valence-corrected chi connectivity index (χ2v) is 20.8. The van der Waals surface area contributed by atoms with Gasteiger partial charge in [0.25, 0.3) is 0 Å². The SMILES string of the molecule is CC1(C)c2cc(-c3ccccc3)ccc2-c2ccc(C(c3cccc(-c4cc5ccccc5c5c4oc4ccc6ccccc6c45)c3)c3ccc4c(c3)C(C)(C)c3cc(-c5ccccc5)ccc3-4)cc21. The first-order chi connectivity index (χ1) is 34.2. The van der Waals surface area contributed by atoms with E-state index in [0.29, 0.717) is 0 Å². The van der Waals surface area contributed by atoms with Gasteiger partial charge < -0.3 is 4.42 Å². The molecule has 14 rings (SSSR count). The van der Waals surface area contributed by atoms with Gasteiger partial charge in [-0.25, -0.2) is 0 Å². The van der Waals surface area contributed by atoms with Crippen molar-refractivity contribution in [1.29, 1.82) is 0 Å². The summed E-state index contributed by atoms with van der Waals surface area (Å²) in [4.78, 5) is 0. The average Bonchev–Trinajstić information content (AvgIpc) is 3.99. The molecule has 1 aromatic heterocycles. The minimum absolute atomic E-state index is 0.0510. The molecule has 0 bridgehead atoms. The predicted molar refractivity (Wildman–Crippen MR) is 294 cm³/mol. The number of fused-ring (bicyclic) bond motifs is 13. The van der Waals surface area contributed by atoms with Gasteiger partial charge in [0.15, 0.2) is 0 Å². The van der Waals surface area contributed by atoms with Crippen LogP contribution in [0.4, 0.5) is 0 Å². The predicted octanol–water partition coefficient (Wildman–Crippen LogP) is 18.7. The van der Waals surface area contributed by atoms with Crippen LogP contribution in [0.25, 0.3) is 99.1 Å². The molecule has 12 aromatic rings. The fourth-order valence-corrected chi connectivity index (χ4v) is 12.6. The molecule has 70 heavy (non-hydrogen) atoms. The molecule has 0 fully saturated rings. The minimum Gasteiger partial charge on any atom is -0.455 e. The van der Waals surface area contributed by atoms with Crippen LogP contribution >= 0.6 is 0 Å². The van der Waals surface area contributed by atoms with Gasteiger partial charge in [0.2, 0.25) is 0 Å². The van der Waals surface area contributed by atoms with Gasteiger partial charge in [0, 0.05) is 33.1 Å². The molecule has 0 radical (unpaired) electrons.